The first-order chi connectivity index (χ1) is 17.2. The van der Waals surface area contributed by atoms with Gasteiger partial charge in [-0.25, -0.2) is 8.42 Å². The third-order valence-electron chi connectivity index (χ3n) is 6.81. The summed E-state index contributed by atoms with van der Waals surface area (Å²) in [5.41, 5.74) is 4.54. The van der Waals surface area contributed by atoms with Crippen LogP contribution in [0.25, 0.3) is 0 Å². The molecule has 1 unspecified atom stereocenters. The first-order valence-electron chi connectivity index (χ1n) is 11.8. The van der Waals surface area contributed by atoms with Crippen LogP contribution in [0.4, 0.5) is 0 Å². The Hall–Kier alpha value is -2.91. The number of ether oxygens (including phenoxy) is 1. The molecule has 1 saturated heterocycles. The van der Waals surface area contributed by atoms with Gasteiger partial charge in [-0.1, -0.05) is 41.4 Å². The van der Waals surface area contributed by atoms with E-state index in [0.29, 0.717) is 54.0 Å². The molecule has 1 atom stereocenters. The molecule has 2 heterocycles. The summed E-state index contributed by atoms with van der Waals surface area (Å²) in [7, 11) is -3.59. The standard InChI is InChI=1S/C27H27ClN2O5S/c1-18-2-7-22(8-3-18)36(33,34)30-12-10-29(11-13-30)27-23-16-21(28)6-5-20(23)17-35-25-9-4-19(14-24(25)27)15-26(31)32/h2-9,14,16,27H,10-13,15,17H2,1H3,(H,31,32). The molecule has 5 rings (SSSR count). The lowest BCUT2D eigenvalue weighted by Gasteiger charge is -2.39. The second-order valence-electron chi connectivity index (χ2n) is 9.23. The SMILES string of the molecule is Cc1ccc(S(=O)(=O)N2CCN(C3c4cc(Cl)ccc4COc4ccc(CC(=O)O)cc43)CC2)cc1. The number of carboxylic acids is 1. The van der Waals surface area contributed by atoms with E-state index in [9.17, 15) is 18.3 Å². The lowest BCUT2D eigenvalue weighted by Crippen LogP contribution is -2.49. The lowest BCUT2D eigenvalue weighted by atomic mass is 9.91. The van der Waals surface area contributed by atoms with Crippen molar-refractivity contribution in [2.24, 2.45) is 0 Å². The highest BCUT2D eigenvalue weighted by molar-refractivity contribution is 7.89. The number of halogens is 1. The number of carbonyl (C=O) groups is 1. The van der Waals surface area contributed by atoms with E-state index in [0.717, 1.165) is 22.3 Å². The summed E-state index contributed by atoms with van der Waals surface area (Å²) in [4.78, 5) is 13.9. The van der Waals surface area contributed by atoms with Gasteiger partial charge in [-0.15, -0.1) is 0 Å². The van der Waals surface area contributed by atoms with Crippen LogP contribution in [0.1, 0.15) is 33.9 Å². The Kier molecular flexibility index (Phi) is 6.78. The number of piperazine rings is 1. The van der Waals surface area contributed by atoms with Gasteiger partial charge in [0.2, 0.25) is 10.0 Å². The van der Waals surface area contributed by atoms with E-state index in [-0.39, 0.29) is 12.5 Å². The first-order valence-corrected chi connectivity index (χ1v) is 13.6. The van der Waals surface area contributed by atoms with Crippen molar-refractivity contribution >= 4 is 27.6 Å². The Morgan fingerprint density at radius 2 is 1.72 bits per heavy atom. The van der Waals surface area contributed by atoms with Crippen LogP contribution in [0, 0.1) is 6.92 Å². The Morgan fingerprint density at radius 1 is 1.00 bits per heavy atom. The number of benzene rings is 3. The number of aryl methyl sites for hydroxylation is 1. The number of hydrogen-bond donors (Lipinski definition) is 1. The normalized spacial score (nSPS) is 18.6. The largest absolute Gasteiger partial charge is 0.489 e. The van der Waals surface area contributed by atoms with Crippen LogP contribution >= 0.6 is 11.6 Å². The number of sulfonamides is 1. The number of aliphatic carboxylic acids is 1. The first kappa shape index (κ1) is 24.8. The summed E-state index contributed by atoms with van der Waals surface area (Å²) in [6.07, 6.45) is -0.0923. The van der Waals surface area contributed by atoms with Crippen molar-refractivity contribution in [3.8, 4) is 5.75 Å². The topological polar surface area (TPSA) is 87.2 Å². The van der Waals surface area contributed by atoms with Crippen LogP contribution in [0.15, 0.2) is 65.6 Å². The fraction of sp³-hybridized carbons (Fsp3) is 0.296. The molecule has 3 aromatic carbocycles. The predicted molar refractivity (Wildman–Crippen MR) is 137 cm³/mol. The zero-order valence-electron chi connectivity index (χ0n) is 19.9. The molecule has 0 aromatic heterocycles. The molecule has 2 aliphatic rings. The van der Waals surface area contributed by atoms with Crippen molar-refractivity contribution < 1.29 is 23.1 Å². The minimum absolute atomic E-state index is 0.0923. The molecular formula is C27H27ClN2O5S. The van der Waals surface area contributed by atoms with Crippen molar-refractivity contribution in [3.63, 3.8) is 0 Å². The molecule has 0 aliphatic carbocycles. The molecule has 188 valence electrons. The Bertz CT molecular complexity index is 1400. The van der Waals surface area contributed by atoms with Gasteiger partial charge in [0.25, 0.3) is 0 Å². The Labute approximate surface area is 215 Å². The summed E-state index contributed by atoms with van der Waals surface area (Å²) in [5.74, 6) is -0.212. The maximum Gasteiger partial charge on any atom is 0.307 e. The van der Waals surface area contributed by atoms with Gasteiger partial charge in [0.05, 0.1) is 17.4 Å². The summed E-state index contributed by atoms with van der Waals surface area (Å²) in [5, 5.41) is 9.93. The monoisotopic (exact) mass is 526 g/mol. The smallest absolute Gasteiger partial charge is 0.307 e. The molecule has 0 amide bonds. The fourth-order valence-electron chi connectivity index (χ4n) is 4.96. The third kappa shape index (κ3) is 4.86. The van der Waals surface area contributed by atoms with Crippen molar-refractivity contribution in [3.05, 3.63) is 93.5 Å². The highest BCUT2D eigenvalue weighted by Gasteiger charge is 2.35. The van der Waals surface area contributed by atoms with E-state index in [1.165, 1.54) is 4.31 Å². The number of fused-ring (bicyclic) bond motifs is 2. The van der Waals surface area contributed by atoms with Gasteiger partial charge in [0.1, 0.15) is 12.4 Å². The summed E-state index contributed by atoms with van der Waals surface area (Å²) < 4.78 is 34.1. The van der Waals surface area contributed by atoms with Gasteiger partial charge in [-0.05, 0) is 60.0 Å². The highest BCUT2D eigenvalue weighted by Crippen LogP contribution is 2.41. The molecule has 1 fully saturated rings. The molecule has 0 bridgehead atoms. The molecule has 0 radical (unpaired) electrons. The van der Waals surface area contributed by atoms with Crippen LogP contribution in [0.5, 0.6) is 5.75 Å². The van der Waals surface area contributed by atoms with E-state index in [2.05, 4.69) is 4.90 Å². The van der Waals surface area contributed by atoms with E-state index in [4.69, 9.17) is 16.3 Å². The van der Waals surface area contributed by atoms with E-state index in [1.54, 1.807) is 30.3 Å². The highest BCUT2D eigenvalue weighted by atomic mass is 35.5. The second-order valence-corrected chi connectivity index (χ2v) is 11.6. The zero-order chi connectivity index (χ0) is 25.4. The van der Waals surface area contributed by atoms with Gasteiger partial charge >= 0.3 is 5.97 Å². The minimum Gasteiger partial charge on any atom is -0.489 e. The molecule has 1 N–H and O–H groups in total. The van der Waals surface area contributed by atoms with Crippen LogP contribution < -0.4 is 4.74 Å². The minimum atomic E-state index is -3.59. The van der Waals surface area contributed by atoms with Gasteiger partial charge < -0.3 is 9.84 Å². The molecule has 36 heavy (non-hydrogen) atoms. The maximum absolute atomic E-state index is 13.2. The van der Waals surface area contributed by atoms with Crippen LogP contribution in [-0.2, 0) is 27.8 Å². The quantitative estimate of drug-likeness (QED) is 0.534. The van der Waals surface area contributed by atoms with E-state index >= 15 is 0 Å². The molecule has 0 saturated carbocycles. The maximum atomic E-state index is 13.2. The Balaban J connectivity index is 1.48. The average Bonchev–Trinajstić information content (AvgIpc) is 3.00. The zero-order valence-corrected chi connectivity index (χ0v) is 21.4. The summed E-state index contributed by atoms with van der Waals surface area (Å²) in [6, 6.07) is 17.9. The van der Waals surface area contributed by atoms with Gasteiger partial charge in [0, 0.05) is 36.8 Å². The average molecular weight is 527 g/mol. The van der Waals surface area contributed by atoms with Crippen LogP contribution in [0.2, 0.25) is 5.02 Å². The fourth-order valence-corrected chi connectivity index (χ4v) is 6.56. The number of nitrogens with zero attached hydrogens (tertiary/aromatic N) is 2. The molecule has 7 nitrogen and oxygen atoms in total. The van der Waals surface area contributed by atoms with Gasteiger partial charge in [0.15, 0.2) is 0 Å². The number of rotatable bonds is 5. The summed E-state index contributed by atoms with van der Waals surface area (Å²) >= 11 is 6.40. The second kappa shape index (κ2) is 9.86. The number of carboxylic acid groups (broad SMARTS) is 1. The molecule has 2 aliphatic heterocycles. The van der Waals surface area contributed by atoms with Gasteiger partial charge in [-0.2, -0.15) is 4.31 Å². The number of hydrogen-bond acceptors (Lipinski definition) is 5. The molecule has 3 aromatic rings. The van der Waals surface area contributed by atoms with Crippen molar-refractivity contribution in [1.82, 2.24) is 9.21 Å². The molecule has 0 spiro atoms. The molecule has 9 heteroatoms. The molecular weight excluding hydrogens is 500 g/mol. The van der Waals surface area contributed by atoms with Crippen LogP contribution in [0.3, 0.4) is 0 Å². The van der Waals surface area contributed by atoms with Gasteiger partial charge in [-0.3, -0.25) is 9.69 Å². The van der Waals surface area contributed by atoms with E-state index < -0.39 is 16.0 Å². The third-order valence-corrected chi connectivity index (χ3v) is 8.95. The van der Waals surface area contributed by atoms with Crippen molar-refractivity contribution in [2.75, 3.05) is 26.2 Å². The van der Waals surface area contributed by atoms with E-state index in [1.807, 2.05) is 37.3 Å². The Morgan fingerprint density at radius 3 is 2.42 bits per heavy atom. The van der Waals surface area contributed by atoms with Crippen molar-refractivity contribution in [2.45, 2.75) is 30.9 Å². The lowest BCUT2D eigenvalue weighted by molar-refractivity contribution is -0.136. The predicted octanol–water partition coefficient (Wildman–Crippen LogP) is 4.26. The summed E-state index contributed by atoms with van der Waals surface area (Å²) in [6.45, 7) is 3.99. The van der Waals surface area contributed by atoms with Crippen LogP contribution in [-0.4, -0.2) is 54.9 Å². The van der Waals surface area contributed by atoms with Crippen molar-refractivity contribution in [1.29, 1.82) is 0 Å².